The molecule has 6 aromatic carbocycles. The molecule has 9 rings (SSSR count). The summed E-state index contributed by atoms with van der Waals surface area (Å²) in [7, 11) is 0. The highest BCUT2D eigenvalue weighted by atomic mass is 35.5. The van der Waals surface area contributed by atoms with Gasteiger partial charge in [0, 0.05) is 22.3 Å². The molecule has 0 N–H and O–H groups in total. The summed E-state index contributed by atoms with van der Waals surface area (Å²) in [4.78, 5) is 0. The van der Waals surface area contributed by atoms with Gasteiger partial charge in [-0.2, -0.15) is 0 Å². The van der Waals surface area contributed by atoms with E-state index in [1.807, 2.05) is 18.2 Å². The number of hydrogen-bond donors (Lipinski definition) is 0. The standard InChI is InChI=1S/C46H35ClO2/c1-46-28-12-21-40(47)45(46)49-42-23-11-19-37(44(42)38-18-6-5-15-33(38)34-16-7-9-20-39(34)46)32(31-13-3-2-4-14-31)26-24-30-25-27-36-35-17-8-10-22-41(35)48-43(36)29-30/h2-23,25,27,29,32H,24,26,28H2,1H3/t32-,46?/m0/s1. The molecule has 2 heterocycles. The lowest BCUT2D eigenvalue weighted by Crippen LogP contribution is -2.30. The number of hydrogen-bond acceptors (Lipinski definition) is 2. The van der Waals surface area contributed by atoms with Crippen LogP contribution in [-0.2, 0) is 11.8 Å². The van der Waals surface area contributed by atoms with Gasteiger partial charge in [0.15, 0.2) is 0 Å². The van der Waals surface area contributed by atoms with E-state index in [2.05, 4.69) is 140 Å². The lowest BCUT2D eigenvalue weighted by atomic mass is 9.72. The zero-order valence-corrected chi connectivity index (χ0v) is 28.1. The Kier molecular flexibility index (Phi) is 7.29. The van der Waals surface area contributed by atoms with E-state index in [4.69, 9.17) is 20.8 Å². The van der Waals surface area contributed by atoms with Gasteiger partial charge in [-0.3, -0.25) is 0 Å². The van der Waals surface area contributed by atoms with Crippen LogP contribution in [0.4, 0.5) is 0 Å². The molecule has 0 saturated carbocycles. The fraction of sp³-hybridized carbons (Fsp3) is 0.130. The molecule has 0 spiro atoms. The van der Waals surface area contributed by atoms with E-state index in [9.17, 15) is 0 Å². The zero-order chi connectivity index (χ0) is 33.0. The van der Waals surface area contributed by atoms with E-state index in [-0.39, 0.29) is 5.92 Å². The van der Waals surface area contributed by atoms with E-state index < -0.39 is 5.41 Å². The van der Waals surface area contributed by atoms with E-state index in [0.717, 1.165) is 63.8 Å². The fourth-order valence-electron chi connectivity index (χ4n) is 8.10. The van der Waals surface area contributed by atoms with Crippen LogP contribution in [0.25, 0.3) is 44.2 Å². The number of ether oxygens (including phenoxy) is 1. The van der Waals surface area contributed by atoms with Crippen molar-refractivity contribution in [3.8, 4) is 28.0 Å². The van der Waals surface area contributed by atoms with Gasteiger partial charge in [-0.25, -0.2) is 0 Å². The highest BCUT2D eigenvalue weighted by Gasteiger charge is 2.40. The van der Waals surface area contributed by atoms with E-state index in [0.29, 0.717) is 5.03 Å². The van der Waals surface area contributed by atoms with Crippen molar-refractivity contribution >= 4 is 33.5 Å². The van der Waals surface area contributed by atoms with E-state index >= 15 is 0 Å². The number of furan rings is 1. The molecule has 1 aliphatic carbocycles. The largest absolute Gasteiger partial charge is 0.459 e. The minimum atomic E-state index is -0.429. The molecule has 0 radical (unpaired) electrons. The topological polar surface area (TPSA) is 22.4 Å². The molecule has 1 aromatic heterocycles. The fourth-order valence-corrected chi connectivity index (χ4v) is 8.44. The van der Waals surface area contributed by atoms with Gasteiger partial charge in [0.05, 0.1) is 10.4 Å². The highest BCUT2D eigenvalue weighted by Crippen LogP contribution is 2.52. The van der Waals surface area contributed by atoms with Gasteiger partial charge in [0.1, 0.15) is 22.7 Å². The van der Waals surface area contributed by atoms with Crippen LogP contribution in [0.5, 0.6) is 5.75 Å². The molecule has 2 nitrogen and oxygen atoms in total. The maximum Gasteiger partial charge on any atom is 0.135 e. The van der Waals surface area contributed by atoms with Crippen molar-refractivity contribution in [1.82, 2.24) is 0 Å². The van der Waals surface area contributed by atoms with Crippen LogP contribution in [-0.4, -0.2) is 0 Å². The van der Waals surface area contributed by atoms with Crippen molar-refractivity contribution in [2.45, 2.75) is 37.5 Å². The lowest BCUT2D eigenvalue weighted by molar-refractivity contribution is 0.321. The summed E-state index contributed by atoms with van der Waals surface area (Å²) in [5.41, 5.74) is 11.1. The van der Waals surface area contributed by atoms with Gasteiger partial charge < -0.3 is 9.15 Å². The van der Waals surface area contributed by atoms with Gasteiger partial charge in [-0.1, -0.05) is 139 Å². The molecule has 1 unspecified atom stereocenters. The second kappa shape index (κ2) is 12.0. The van der Waals surface area contributed by atoms with Crippen LogP contribution in [0.3, 0.4) is 0 Å². The smallest absolute Gasteiger partial charge is 0.135 e. The van der Waals surface area contributed by atoms with Crippen molar-refractivity contribution < 1.29 is 9.15 Å². The zero-order valence-electron chi connectivity index (χ0n) is 27.3. The molecule has 0 fully saturated rings. The number of halogens is 1. The number of rotatable bonds is 5. The molecule has 238 valence electrons. The summed E-state index contributed by atoms with van der Waals surface area (Å²) < 4.78 is 13.4. The first-order chi connectivity index (χ1) is 24.1. The maximum atomic E-state index is 7.10. The van der Waals surface area contributed by atoms with Gasteiger partial charge in [-0.05, 0) is 89.4 Å². The van der Waals surface area contributed by atoms with Crippen LogP contribution >= 0.6 is 11.6 Å². The monoisotopic (exact) mass is 654 g/mol. The first-order valence-electron chi connectivity index (χ1n) is 17.1. The van der Waals surface area contributed by atoms with Gasteiger partial charge in [0.25, 0.3) is 0 Å². The van der Waals surface area contributed by atoms with Gasteiger partial charge in [-0.15, -0.1) is 0 Å². The van der Waals surface area contributed by atoms with Crippen molar-refractivity contribution in [3.63, 3.8) is 0 Å². The Hall–Kier alpha value is -5.31. The second-order valence-electron chi connectivity index (χ2n) is 13.5. The molecular formula is C46H35ClO2. The van der Waals surface area contributed by atoms with E-state index in [1.54, 1.807) is 0 Å². The average molecular weight is 655 g/mol. The number of benzene rings is 6. The average Bonchev–Trinajstić information content (AvgIpc) is 3.53. The number of aryl methyl sites for hydroxylation is 1. The Labute approximate surface area is 291 Å². The quantitative estimate of drug-likeness (QED) is 0.184. The van der Waals surface area contributed by atoms with Crippen molar-refractivity contribution in [1.29, 1.82) is 0 Å². The SMILES string of the molecule is CC12CC=CC(Cl)=C1Oc1cccc([C@@H](CCc3ccc4c(c3)oc3ccccc34)c3ccccc3)c1-c1ccccc1-c1ccccc12. The molecule has 0 saturated heterocycles. The predicted molar refractivity (Wildman–Crippen MR) is 202 cm³/mol. The summed E-state index contributed by atoms with van der Waals surface area (Å²) >= 11 is 7.05. The third-order valence-corrected chi connectivity index (χ3v) is 10.8. The van der Waals surface area contributed by atoms with Gasteiger partial charge in [0.2, 0.25) is 0 Å². The third kappa shape index (κ3) is 5.02. The Morgan fingerprint density at radius 3 is 2.31 bits per heavy atom. The molecular weight excluding hydrogens is 620 g/mol. The Bertz CT molecular complexity index is 2430. The first kappa shape index (κ1) is 29.8. The molecule has 0 amide bonds. The lowest BCUT2D eigenvalue weighted by Gasteiger charge is -2.35. The van der Waals surface area contributed by atoms with Crippen molar-refractivity contribution in [3.05, 3.63) is 185 Å². The van der Waals surface area contributed by atoms with E-state index in [1.165, 1.54) is 33.4 Å². The van der Waals surface area contributed by atoms with Crippen LogP contribution < -0.4 is 4.74 Å². The predicted octanol–water partition coefficient (Wildman–Crippen LogP) is 12.7. The van der Waals surface area contributed by atoms with Crippen LogP contribution in [0.2, 0.25) is 0 Å². The van der Waals surface area contributed by atoms with Gasteiger partial charge >= 0.3 is 0 Å². The summed E-state index contributed by atoms with van der Waals surface area (Å²) in [6.45, 7) is 2.26. The normalized spacial score (nSPS) is 17.3. The molecule has 2 aliphatic rings. The molecule has 2 atom stereocenters. The summed E-state index contributed by atoms with van der Waals surface area (Å²) in [6, 6.07) is 49.9. The summed E-state index contributed by atoms with van der Waals surface area (Å²) in [6.07, 6.45) is 6.76. The first-order valence-corrected chi connectivity index (χ1v) is 17.5. The number of para-hydroxylation sites is 1. The molecule has 0 bridgehead atoms. The number of allylic oxidation sites excluding steroid dienone is 4. The van der Waals surface area contributed by atoms with Crippen LogP contribution in [0.15, 0.2) is 167 Å². The van der Waals surface area contributed by atoms with Crippen LogP contribution in [0.1, 0.15) is 47.9 Å². The summed E-state index contributed by atoms with van der Waals surface area (Å²) in [5, 5.41) is 2.96. The summed E-state index contributed by atoms with van der Waals surface area (Å²) in [5.74, 6) is 1.74. The minimum absolute atomic E-state index is 0.109. The van der Waals surface area contributed by atoms with Crippen LogP contribution in [0, 0.1) is 0 Å². The Balaban J connectivity index is 1.22. The molecule has 3 heteroatoms. The number of fused-ring (bicyclic) bond motifs is 10. The minimum Gasteiger partial charge on any atom is -0.459 e. The molecule has 1 aliphatic heterocycles. The highest BCUT2D eigenvalue weighted by molar-refractivity contribution is 6.31. The van der Waals surface area contributed by atoms with Crippen molar-refractivity contribution in [2.24, 2.45) is 0 Å². The second-order valence-corrected chi connectivity index (χ2v) is 13.9. The molecule has 7 aromatic rings. The van der Waals surface area contributed by atoms with Crippen molar-refractivity contribution in [2.75, 3.05) is 0 Å². The molecule has 49 heavy (non-hydrogen) atoms. The maximum absolute atomic E-state index is 7.10. The Morgan fingerprint density at radius 2 is 1.43 bits per heavy atom. The third-order valence-electron chi connectivity index (χ3n) is 10.5. The Morgan fingerprint density at radius 1 is 0.694 bits per heavy atom.